The minimum atomic E-state index is -0.543. The molecular weight excluding hydrogens is 283 g/mol. The number of nitrogens with one attached hydrogen (secondary N) is 1. The Balaban J connectivity index is 2.17. The van der Waals surface area contributed by atoms with Crippen LogP contribution >= 0.6 is 11.6 Å². The van der Waals surface area contributed by atoms with Gasteiger partial charge in [-0.15, -0.1) is 0 Å². The maximum atomic E-state index is 13.6. The fraction of sp³-hybridized carbons (Fsp3) is 0.143. The van der Waals surface area contributed by atoms with Crippen LogP contribution in [0.15, 0.2) is 36.4 Å². The Labute approximate surface area is 120 Å². The SMILES string of the molecule is Cc1ccc(F)c(NCc2ccc(Cl)c([N+](=O)[O-])c2)c1. The van der Waals surface area contributed by atoms with E-state index in [0.717, 1.165) is 5.56 Å². The minimum absolute atomic E-state index is 0.0838. The third-order valence-corrected chi connectivity index (χ3v) is 3.13. The van der Waals surface area contributed by atoms with Crippen molar-refractivity contribution < 1.29 is 9.31 Å². The lowest BCUT2D eigenvalue weighted by molar-refractivity contribution is -0.384. The van der Waals surface area contributed by atoms with Gasteiger partial charge in [0.05, 0.1) is 10.6 Å². The molecule has 0 aliphatic carbocycles. The number of nitro benzene ring substituents is 1. The first kappa shape index (κ1) is 14.3. The molecule has 6 heteroatoms. The van der Waals surface area contributed by atoms with Crippen molar-refractivity contribution in [3.63, 3.8) is 0 Å². The molecule has 0 aromatic heterocycles. The van der Waals surface area contributed by atoms with Gasteiger partial charge in [-0.2, -0.15) is 0 Å². The van der Waals surface area contributed by atoms with Gasteiger partial charge in [-0.05, 0) is 36.2 Å². The van der Waals surface area contributed by atoms with Crippen molar-refractivity contribution in [1.82, 2.24) is 0 Å². The van der Waals surface area contributed by atoms with Crippen LogP contribution in [-0.2, 0) is 6.54 Å². The smallest absolute Gasteiger partial charge is 0.288 e. The van der Waals surface area contributed by atoms with E-state index in [2.05, 4.69) is 5.32 Å². The third-order valence-electron chi connectivity index (χ3n) is 2.81. The Morgan fingerprint density at radius 2 is 2.05 bits per heavy atom. The van der Waals surface area contributed by atoms with E-state index in [1.165, 1.54) is 18.2 Å². The van der Waals surface area contributed by atoms with Gasteiger partial charge < -0.3 is 5.32 Å². The van der Waals surface area contributed by atoms with Crippen molar-refractivity contribution in [2.24, 2.45) is 0 Å². The summed E-state index contributed by atoms with van der Waals surface area (Å²) in [4.78, 5) is 10.2. The third kappa shape index (κ3) is 3.24. The summed E-state index contributed by atoms with van der Waals surface area (Å²) < 4.78 is 13.6. The lowest BCUT2D eigenvalue weighted by atomic mass is 10.1. The number of nitro groups is 1. The van der Waals surface area contributed by atoms with Gasteiger partial charge in [-0.25, -0.2) is 4.39 Å². The molecule has 0 saturated heterocycles. The summed E-state index contributed by atoms with van der Waals surface area (Å²) in [6.45, 7) is 2.14. The lowest BCUT2D eigenvalue weighted by Crippen LogP contribution is -2.02. The van der Waals surface area contributed by atoms with E-state index in [-0.39, 0.29) is 23.1 Å². The molecular formula is C14H12ClFN2O2. The van der Waals surface area contributed by atoms with Gasteiger partial charge in [-0.3, -0.25) is 10.1 Å². The number of hydrogen-bond acceptors (Lipinski definition) is 3. The molecule has 0 heterocycles. The molecule has 0 radical (unpaired) electrons. The predicted octanol–water partition coefficient (Wildman–Crippen LogP) is 4.31. The largest absolute Gasteiger partial charge is 0.379 e. The van der Waals surface area contributed by atoms with Crippen LogP contribution in [0.1, 0.15) is 11.1 Å². The molecule has 104 valence electrons. The monoisotopic (exact) mass is 294 g/mol. The van der Waals surface area contributed by atoms with E-state index in [1.54, 1.807) is 18.2 Å². The first-order valence-corrected chi connectivity index (χ1v) is 6.28. The molecule has 0 aliphatic heterocycles. The highest BCUT2D eigenvalue weighted by Gasteiger charge is 2.12. The summed E-state index contributed by atoms with van der Waals surface area (Å²) >= 11 is 5.73. The van der Waals surface area contributed by atoms with Crippen LogP contribution in [0.25, 0.3) is 0 Å². The Bertz CT molecular complexity index is 662. The molecule has 2 aromatic carbocycles. The van der Waals surface area contributed by atoms with Crippen LogP contribution in [0.3, 0.4) is 0 Å². The molecule has 0 aliphatic rings. The maximum Gasteiger partial charge on any atom is 0.288 e. The van der Waals surface area contributed by atoms with Crippen LogP contribution < -0.4 is 5.32 Å². The summed E-state index contributed by atoms with van der Waals surface area (Å²) in [5, 5.41) is 13.8. The van der Waals surface area contributed by atoms with Crippen molar-refractivity contribution in [2.45, 2.75) is 13.5 Å². The molecule has 0 unspecified atom stereocenters. The van der Waals surface area contributed by atoms with Crippen molar-refractivity contribution in [3.05, 3.63) is 68.5 Å². The number of benzene rings is 2. The summed E-state index contributed by atoms with van der Waals surface area (Å²) in [7, 11) is 0. The van der Waals surface area contributed by atoms with E-state index in [4.69, 9.17) is 11.6 Å². The highest BCUT2D eigenvalue weighted by molar-refractivity contribution is 6.32. The average molecular weight is 295 g/mol. The van der Waals surface area contributed by atoms with E-state index in [0.29, 0.717) is 11.3 Å². The second-order valence-electron chi connectivity index (χ2n) is 4.38. The maximum absolute atomic E-state index is 13.6. The highest BCUT2D eigenvalue weighted by Crippen LogP contribution is 2.25. The molecule has 0 spiro atoms. The lowest BCUT2D eigenvalue weighted by Gasteiger charge is -2.09. The first-order valence-electron chi connectivity index (χ1n) is 5.90. The van der Waals surface area contributed by atoms with Crippen molar-refractivity contribution in [1.29, 1.82) is 0 Å². The van der Waals surface area contributed by atoms with Crippen LogP contribution in [0, 0.1) is 22.9 Å². The highest BCUT2D eigenvalue weighted by atomic mass is 35.5. The van der Waals surface area contributed by atoms with Crippen molar-refractivity contribution in [3.8, 4) is 0 Å². The summed E-state index contributed by atoms with van der Waals surface area (Å²) in [5.41, 5.74) is 1.79. The Hall–Kier alpha value is -2.14. The van der Waals surface area contributed by atoms with E-state index in [9.17, 15) is 14.5 Å². The van der Waals surface area contributed by atoms with Gasteiger partial charge >= 0.3 is 0 Å². The molecule has 2 aromatic rings. The van der Waals surface area contributed by atoms with Gasteiger partial charge in [0.15, 0.2) is 0 Å². The molecule has 1 N–H and O–H groups in total. The number of hydrogen-bond donors (Lipinski definition) is 1. The molecule has 20 heavy (non-hydrogen) atoms. The molecule has 0 saturated carbocycles. The van der Waals surface area contributed by atoms with Crippen molar-refractivity contribution in [2.75, 3.05) is 5.32 Å². The molecule has 0 atom stereocenters. The number of rotatable bonds is 4. The van der Waals surface area contributed by atoms with Crippen LogP contribution in [0.4, 0.5) is 15.8 Å². The minimum Gasteiger partial charge on any atom is -0.379 e. The van der Waals surface area contributed by atoms with Gasteiger partial charge in [0.1, 0.15) is 10.8 Å². The zero-order valence-corrected chi connectivity index (χ0v) is 11.4. The van der Waals surface area contributed by atoms with E-state index >= 15 is 0 Å². The zero-order chi connectivity index (χ0) is 14.7. The number of nitrogens with zero attached hydrogens (tertiary/aromatic N) is 1. The number of halogens is 2. The summed E-state index contributed by atoms with van der Waals surface area (Å²) in [6.07, 6.45) is 0. The van der Waals surface area contributed by atoms with Gasteiger partial charge in [0.2, 0.25) is 0 Å². The summed E-state index contributed by atoms with van der Waals surface area (Å²) in [5.74, 6) is -0.362. The zero-order valence-electron chi connectivity index (χ0n) is 10.7. The van der Waals surface area contributed by atoms with Gasteiger partial charge in [0.25, 0.3) is 5.69 Å². The fourth-order valence-corrected chi connectivity index (χ4v) is 1.97. The molecule has 2 rings (SSSR count). The number of aryl methyl sites for hydroxylation is 1. The average Bonchev–Trinajstić information content (AvgIpc) is 2.41. The van der Waals surface area contributed by atoms with E-state index in [1.807, 2.05) is 6.92 Å². The first-order chi connectivity index (χ1) is 9.47. The van der Waals surface area contributed by atoms with Crippen LogP contribution in [0.2, 0.25) is 5.02 Å². The van der Waals surface area contributed by atoms with Crippen molar-refractivity contribution >= 4 is 23.0 Å². The van der Waals surface area contributed by atoms with Gasteiger partial charge in [-0.1, -0.05) is 23.7 Å². The molecule has 0 amide bonds. The Kier molecular flexibility index (Phi) is 4.20. The van der Waals surface area contributed by atoms with Crippen LogP contribution in [-0.4, -0.2) is 4.92 Å². The number of anilines is 1. The summed E-state index contributed by atoms with van der Waals surface area (Å²) in [6, 6.07) is 9.23. The normalized spacial score (nSPS) is 10.3. The topological polar surface area (TPSA) is 55.2 Å². The Morgan fingerprint density at radius 1 is 1.30 bits per heavy atom. The fourth-order valence-electron chi connectivity index (χ4n) is 1.78. The van der Waals surface area contributed by atoms with E-state index < -0.39 is 4.92 Å². The quantitative estimate of drug-likeness (QED) is 0.675. The second kappa shape index (κ2) is 5.88. The second-order valence-corrected chi connectivity index (χ2v) is 4.79. The standard InChI is InChI=1S/C14H12ClFN2O2/c1-9-2-5-12(16)13(6-9)17-8-10-3-4-11(15)14(7-10)18(19)20/h2-7,17H,8H2,1H3. The predicted molar refractivity (Wildman–Crippen MR) is 76.6 cm³/mol. The Morgan fingerprint density at radius 3 is 2.75 bits per heavy atom. The molecule has 0 fully saturated rings. The van der Waals surface area contributed by atoms with Gasteiger partial charge in [0, 0.05) is 12.6 Å². The van der Waals surface area contributed by atoms with Crippen LogP contribution in [0.5, 0.6) is 0 Å². The molecule has 4 nitrogen and oxygen atoms in total. The molecule has 0 bridgehead atoms.